The molecule has 0 amide bonds. The molecule has 44 valence electrons. The topological polar surface area (TPSA) is 40.1 Å². The van der Waals surface area contributed by atoms with E-state index in [1.165, 1.54) is 6.92 Å². The van der Waals surface area contributed by atoms with E-state index in [9.17, 15) is 9.90 Å². The number of carboxylic acid groups (broad SMARTS) is 1. The second-order valence-electron chi connectivity index (χ2n) is 1.07. The van der Waals surface area contributed by atoms with E-state index in [2.05, 4.69) is 6.58 Å². The van der Waals surface area contributed by atoms with Gasteiger partial charge >= 0.3 is 0 Å². The van der Waals surface area contributed by atoms with E-state index >= 15 is 0 Å². The summed E-state index contributed by atoms with van der Waals surface area (Å²) >= 11 is 0. The molecule has 0 atom stereocenters. The fourth-order valence-corrected chi connectivity index (χ4v) is 0. The van der Waals surface area contributed by atoms with E-state index < -0.39 is 5.97 Å². The van der Waals surface area contributed by atoms with Crippen LogP contribution < -0.4 is 5.11 Å². The summed E-state index contributed by atoms with van der Waals surface area (Å²) in [6, 6.07) is 0. The van der Waals surface area contributed by atoms with Crippen molar-refractivity contribution in [2.24, 2.45) is 0 Å². The molecule has 0 fully saturated rings. The Morgan fingerprint density at radius 1 is 1.71 bits per heavy atom. The van der Waals surface area contributed by atoms with Gasteiger partial charge in [-0.3, -0.25) is 0 Å². The molecule has 0 radical (unpaired) electrons. The molecule has 0 aromatic carbocycles. The van der Waals surface area contributed by atoms with Crippen LogP contribution in [0.15, 0.2) is 12.2 Å². The van der Waals surface area contributed by atoms with Gasteiger partial charge in [-0.15, -0.1) is 0 Å². The Balaban J connectivity index is 0. The standard InChI is InChI=1S/C4H6O2.Ni/c1-3(2)4(5)6;/h1H2,2H3,(H,5,6);/p-1. The summed E-state index contributed by atoms with van der Waals surface area (Å²) in [5.74, 6) is -1.19. The first-order valence-electron chi connectivity index (χ1n) is 1.51. The maximum atomic E-state index is 9.49. The van der Waals surface area contributed by atoms with Gasteiger partial charge in [0.1, 0.15) is 0 Å². The number of carboxylic acids is 1. The molecule has 0 saturated carbocycles. The van der Waals surface area contributed by atoms with Crippen LogP contribution in [0.5, 0.6) is 0 Å². The molecule has 0 N–H and O–H groups in total. The van der Waals surface area contributed by atoms with Gasteiger partial charge in [-0.2, -0.15) is 0 Å². The molecule has 0 aliphatic heterocycles. The molecular weight excluding hydrogens is 139 g/mol. The number of hydrogen-bond acceptors (Lipinski definition) is 2. The van der Waals surface area contributed by atoms with Crippen LogP contribution in [0.2, 0.25) is 0 Å². The molecule has 7 heavy (non-hydrogen) atoms. The summed E-state index contributed by atoms with van der Waals surface area (Å²) in [6.07, 6.45) is 0. The zero-order chi connectivity index (χ0) is 5.15. The third-order valence-electron chi connectivity index (χ3n) is 0.348. The number of carbonyl (C=O) groups is 1. The Kier molecular flexibility index (Phi) is 5.46. The monoisotopic (exact) mass is 143 g/mol. The van der Waals surface area contributed by atoms with Gasteiger partial charge in [0.25, 0.3) is 0 Å². The molecule has 0 aromatic rings. The minimum absolute atomic E-state index is 0. The van der Waals surface area contributed by atoms with Crippen molar-refractivity contribution in [3.8, 4) is 0 Å². The minimum atomic E-state index is -1.19. The number of carbonyl (C=O) groups excluding carboxylic acids is 1. The summed E-state index contributed by atoms with van der Waals surface area (Å²) in [5.41, 5.74) is 0.0648. The number of hydrogen-bond donors (Lipinski definition) is 0. The maximum Gasteiger partial charge on any atom is 0.0666 e. The second-order valence-corrected chi connectivity index (χ2v) is 1.07. The zero-order valence-electron chi connectivity index (χ0n) is 3.84. The number of aliphatic carboxylic acids is 1. The smallest absolute Gasteiger partial charge is 0.0666 e. The summed E-state index contributed by atoms with van der Waals surface area (Å²) in [5, 5.41) is 9.49. The van der Waals surface area contributed by atoms with Crippen LogP contribution in [-0.2, 0) is 21.3 Å². The Hall–Kier alpha value is -0.296. The summed E-state index contributed by atoms with van der Waals surface area (Å²) in [6.45, 7) is 4.48. The van der Waals surface area contributed by atoms with Crippen molar-refractivity contribution in [1.82, 2.24) is 0 Å². The molecule has 0 saturated heterocycles. The minimum Gasteiger partial charge on any atom is -0.545 e. The van der Waals surface area contributed by atoms with Crippen LogP contribution in [0.3, 0.4) is 0 Å². The predicted molar refractivity (Wildman–Crippen MR) is 19.8 cm³/mol. The van der Waals surface area contributed by atoms with Crippen molar-refractivity contribution in [2.75, 3.05) is 0 Å². The molecular formula is C4H5NiO2-. The van der Waals surface area contributed by atoms with Crippen molar-refractivity contribution in [2.45, 2.75) is 6.92 Å². The quantitative estimate of drug-likeness (QED) is 0.360. The van der Waals surface area contributed by atoms with Gasteiger partial charge in [0.15, 0.2) is 0 Å². The van der Waals surface area contributed by atoms with E-state index in [4.69, 9.17) is 0 Å². The Labute approximate surface area is 52.1 Å². The Bertz CT molecular complexity index is 75.7. The SMILES string of the molecule is C=C(C)C(=O)[O-].[Ni]. The average Bonchev–Trinajstić information content (AvgIpc) is 1.36. The summed E-state index contributed by atoms with van der Waals surface area (Å²) in [4.78, 5) is 9.49. The molecule has 2 nitrogen and oxygen atoms in total. The molecule has 0 aromatic heterocycles. The van der Waals surface area contributed by atoms with Gasteiger partial charge in [0.2, 0.25) is 0 Å². The second kappa shape index (κ2) is 3.88. The van der Waals surface area contributed by atoms with Crippen molar-refractivity contribution < 1.29 is 26.4 Å². The summed E-state index contributed by atoms with van der Waals surface area (Å²) < 4.78 is 0. The predicted octanol–water partition coefficient (Wildman–Crippen LogP) is -0.690. The van der Waals surface area contributed by atoms with Crippen molar-refractivity contribution in [3.05, 3.63) is 12.2 Å². The van der Waals surface area contributed by atoms with Crippen LogP contribution in [0.4, 0.5) is 0 Å². The van der Waals surface area contributed by atoms with E-state index in [0.717, 1.165) is 0 Å². The molecule has 0 unspecified atom stereocenters. The van der Waals surface area contributed by atoms with Crippen LogP contribution in [0, 0.1) is 0 Å². The molecule has 3 heteroatoms. The first-order chi connectivity index (χ1) is 2.64. The van der Waals surface area contributed by atoms with Gasteiger partial charge in [-0.05, 0) is 12.5 Å². The van der Waals surface area contributed by atoms with Crippen molar-refractivity contribution in [3.63, 3.8) is 0 Å². The fraction of sp³-hybridized carbons (Fsp3) is 0.250. The summed E-state index contributed by atoms with van der Waals surface area (Å²) in [7, 11) is 0. The van der Waals surface area contributed by atoms with E-state index in [1.807, 2.05) is 0 Å². The fourth-order valence-electron chi connectivity index (χ4n) is 0. The Morgan fingerprint density at radius 3 is 1.86 bits per heavy atom. The van der Waals surface area contributed by atoms with Crippen molar-refractivity contribution in [1.29, 1.82) is 0 Å². The first kappa shape index (κ1) is 9.86. The number of rotatable bonds is 1. The first-order valence-corrected chi connectivity index (χ1v) is 1.51. The van der Waals surface area contributed by atoms with Crippen LogP contribution in [0.25, 0.3) is 0 Å². The molecule has 0 aliphatic carbocycles. The third kappa shape index (κ3) is 5.70. The van der Waals surface area contributed by atoms with Crippen molar-refractivity contribution >= 4 is 5.97 Å². The molecule has 0 spiro atoms. The van der Waals surface area contributed by atoms with E-state index in [-0.39, 0.29) is 22.1 Å². The van der Waals surface area contributed by atoms with Gasteiger partial charge in [-0.25, -0.2) is 0 Å². The van der Waals surface area contributed by atoms with Gasteiger partial charge in [0.05, 0.1) is 5.97 Å². The van der Waals surface area contributed by atoms with Gasteiger partial charge < -0.3 is 9.90 Å². The third-order valence-corrected chi connectivity index (χ3v) is 0.348. The molecule has 0 bridgehead atoms. The normalized spacial score (nSPS) is 6.43. The average molecular weight is 144 g/mol. The maximum absolute atomic E-state index is 9.49. The molecule has 0 aliphatic rings. The van der Waals surface area contributed by atoms with Crippen LogP contribution in [-0.4, -0.2) is 5.97 Å². The van der Waals surface area contributed by atoms with E-state index in [1.54, 1.807) is 0 Å². The molecule has 0 heterocycles. The Morgan fingerprint density at radius 2 is 1.86 bits per heavy atom. The largest absolute Gasteiger partial charge is 0.545 e. The van der Waals surface area contributed by atoms with Gasteiger partial charge in [0, 0.05) is 16.5 Å². The van der Waals surface area contributed by atoms with E-state index in [0.29, 0.717) is 0 Å². The molecule has 0 rings (SSSR count). The van der Waals surface area contributed by atoms with Crippen LogP contribution in [0.1, 0.15) is 6.92 Å². The van der Waals surface area contributed by atoms with Crippen LogP contribution >= 0.6 is 0 Å². The zero-order valence-corrected chi connectivity index (χ0v) is 4.83. The van der Waals surface area contributed by atoms with Gasteiger partial charge in [-0.1, -0.05) is 6.58 Å².